The van der Waals surface area contributed by atoms with Gasteiger partial charge in [0.05, 0.1) is 25.0 Å². The van der Waals surface area contributed by atoms with E-state index in [-0.39, 0.29) is 22.9 Å². The summed E-state index contributed by atoms with van der Waals surface area (Å²) in [4.78, 5) is 34.9. The highest BCUT2D eigenvalue weighted by Crippen LogP contribution is 2.61. The van der Waals surface area contributed by atoms with Gasteiger partial charge in [0.25, 0.3) is 5.92 Å². The molecule has 56 heavy (non-hydrogen) atoms. The Morgan fingerprint density at radius 3 is 1.80 bits per heavy atom. The monoisotopic (exact) mass is 885 g/mol. The van der Waals surface area contributed by atoms with Crippen molar-refractivity contribution in [1.82, 2.24) is 9.21 Å². The molecule has 2 heterocycles. The fourth-order valence-corrected chi connectivity index (χ4v) is 7.87. The summed E-state index contributed by atoms with van der Waals surface area (Å²) in [7, 11) is -8.70. The van der Waals surface area contributed by atoms with E-state index in [1.165, 1.54) is 52.1 Å². The van der Waals surface area contributed by atoms with Crippen LogP contribution in [-0.2, 0) is 59.6 Å². The van der Waals surface area contributed by atoms with Gasteiger partial charge in [0.15, 0.2) is 0 Å². The van der Waals surface area contributed by atoms with E-state index in [1.807, 2.05) is 0 Å². The number of likely N-dealkylation sites (tertiary alicyclic amines) is 1. The Labute approximate surface area is 321 Å². The molecule has 1 aliphatic carbocycles. The van der Waals surface area contributed by atoms with Crippen molar-refractivity contribution in [3.63, 3.8) is 0 Å². The van der Waals surface area contributed by atoms with E-state index < -0.39 is 104 Å². The van der Waals surface area contributed by atoms with Gasteiger partial charge in [-0.05, 0) is 86.3 Å². The molecule has 5 rings (SSSR count). The summed E-state index contributed by atoms with van der Waals surface area (Å²) in [5.41, 5.74) is 0. The lowest BCUT2D eigenvalue weighted by molar-refractivity contribution is -0.152. The molecule has 5 atom stereocenters. The van der Waals surface area contributed by atoms with Gasteiger partial charge in [0.2, 0.25) is 18.3 Å². The number of hydrogen-bond acceptors (Lipinski definition) is 13. The minimum absolute atomic E-state index is 0.0634. The maximum absolute atomic E-state index is 12.9. The molecular weight excluding hydrogens is 850 g/mol. The Balaban J connectivity index is 0.000000265. The zero-order valence-corrected chi connectivity index (χ0v) is 33.6. The summed E-state index contributed by atoms with van der Waals surface area (Å²) in [5.74, 6) is -8.62. The van der Waals surface area contributed by atoms with Crippen LogP contribution < -0.4 is 0 Å². The number of benzene rings is 2. The summed E-state index contributed by atoms with van der Waals surface area (Å²) in [5, 5.41) is -5.12. The number of halogens is 7. The summed E-state index contributed by atoms with van der Waals surface area (Å²) < 4.78 is 167. The fourth-order valence-electron chi connectivity index (χ4n) is 5.02. The molecule has 1 unspecified atom stereocenters. The maximum atomic E-state index is 12.9. The SMILES string of the molecule is COC(=O)[C@@H]1C=CCN1S(=O)(=O)c1ccc(F)cc1.COC(=O)[C@@H]1[C@@H]2[C@H](CN1C)C2(F)F.C[Si](C)(C)OC(=O)C(F)(F)S(=O)(=O)F.O=S([O-])c1ccc(F)cc1. The van der Waals surface area contributed by atoms with Crippen molar-refractivity contribution in [1.29, 1.82) is 0 Å². The van der Waals surface area contributed by atoms with Crippen LogP contribution in [0.4, 0.5) is 30.2 Å². The summed E-state index contributed by atoms with van der Waals surface area (Å²) >= 11 is -2.25. The van der Waals surface area contributed by atoms with Crippen molar-refractivity contribution in [3.05, 3.63) is 72.3 Å². The van der Waals surface area contributed by atoms with Gasteiger partial charge in [-0.3, -0.25) is 13.9 Å². The van der Waals surface area contributed by atoms with Crippen LogP contribution in [0.3, 0.4) is 0 Å². The van der Waals surface area contributed by atoms with Crippen molar-refractivity contribution < 1.29 is 84.1 Å². The minimum atomic E-state index is -6.26. The van der Waals surface area contributed by atoms with Crippen LogP contribution in [0.1, 0.15) is 0 Å². The lowest BCUT2D eigenvalue weighted by atomic mass is 10.2. The van der Waals surface area contributed by atoms with Gasteiger partial charge in [0, 0.05) is 23.9 Å². The minimum Gasteiger partial charge on any atom is -0.768 e. The van der Waals surface area contributed by atoms with E-state index in [9.17, 15) is 70.2 Å². The van der Waals surface area contributed by atoms with E-state index in [1.54, 1.807) is 18.0 Å². The number of esters is 2. The largest absolute Gasteiger partial charge is 0.768 e. The smallest absolute Gasteiger partial charge is 0.469 e. The number of carbonyl (C=O) groups excluding carboxylic acids is 3. The van der Waals surface area contributed by atoms with Gasteiger partial charge in [-0.1, -0.05) is 16.0 Å². The molecule has 0 amide bonds. The van der Waals surface area contributed by atoms with Gasteiger partial charge >= 0.3 is 33.4 Å². The normalized spacial score (nSPS) is 22.0. The van der Waals surface area contributed by atoms with Crippen LogP contribution in [0, 0.1) is 23.5 Å². The second-order valence-corrected chi connectivity index (χ2v) is 21.4. The molecule has 0 spiro atoms. The zero-order chi connectivity index (χ0) is 43.2. The van der Waals surface area contributed by atoms with Gasteiger partial charge in [-0.2, -0.15) is 21.5 Å². The van der Waals surface area contributed by atoms with Crippen molar-refractivity contribution in [3.8, 4) is 0 Å². The Kier molecular flexibility index (Phi) is 16.1. The number of rotatable bonds is 8. The van der Waals surface area contributed by atoms with Crippen LogP contribution in [0.15, 0.2) is 70.5 Å². The predicted molar refractivity (Wildman–Crippen MR) is 184 cm³/mol. The van der Waals surface area contributed by atoms with E-state index >= 15 is 0 Å². The Morgan fingerprint density at radius 1 is 0.911 bits per heavy atom. The molecule has 3 aliphatic rings. The first-order chi connectivity index (χ1) is 25.5. The second kappa shape index (κ2) is 18.7. The zero-order valence-electron chi connectivity index (χ0n) is 30.2. The Bertz CT molecular complexity index is 2000. The van der Waals surface area contributed by atoms with E-state index in [0.29, 0.717) is 0 Å². The quantitative estimate of drug-likeness (QED) is 0.0934. The van der Waals surface area contributed by atoms with Crippen LogP contribution in [0.25, 0.3) is 0 Å². The van der Waals surface area contributed by atoms with Gasteiger partial charge in [-0.15, -0.1) is 0 Å². The summed E-state index contributed by atoms with van der Waals surface area (Å²) in [6, 6.07) is 7.35. The van der Waals surface area contributed by atoms with Gasteiger partial charge in [-0.25, -0.2) is 35.6 Å². The number of hydrogen-bond donors (Lipinski definition) is 0. The number of piperidine rings is 1. The van der Waals surface area contributed by atoms with Crippen molar-refractivity contribution in [2.75, 3.05) is 34.4 Å². The highest BCUT2D eigenvalue weighted by atomic mass is 32.3. The fraction of sp³-hybridized carbons (Fsp3) is 0.452. The van der Waals surface area contributed by atoms with E-state index in [4.69, 9.17) is 0 Å². The summed E-state index contributed by atoms with van der Waals surface area (Å²) in [6.45, 7) is 4.51. The topological polar surface area (TPSA) is 194 Å². The van der Waals surface area contributed by atoms with Gasteiger partial charge in [0.1, 0.15) is 23.7 Å². The number of fused-ring (bicyclic) bond motifs is 1. The molecule has 2 fully saturated rings. The lowest BCUT2D eigenvalue weighted by Crippen LogP contribution is -2.42. The second-order valence-electron chi connectivity index (χ2n) is 12.8. The number of carbonyl (C=O) groups is 3. The highest BCUT2D eigenvalue weighted by Gasteiger charge is 2.76. The molecule has 1 saturated carbocycles. The molecule has 2 aromatic rings. The molecule has 0 radical (unpaired) electrons. The Hall–Kier alpha value is -3.75. The van der Waals surface area contributed by atoms with Crippen molar-refractivity contribution in [2.24, 2.45) is 11.8 Å². The number of nitrogens with zero attached hydrogens (tertiary/aromatic N) is 2. The number of sulfonamides is 1. The Morgan fingerprint density at radius 2 is 1.39 bits per heavy atom. The molecule has 2 aromatic carbocycles. The molecule has 1 saturated heterocycles. The molecule has 314 valence electrons. The number of methoxy groups -OCH3 is 2. The molecule has 2 aliphatic heterocycles. The first-order valence-corrected chi connectivity index (χ1v) is 22.9. The van der Waals surface area contributed by atoms with Crippen LogP contribution in [-0.4, -0.2) is 119 Å². The van der Waals surface area contributed by atoms with Crippen molar-refractivity contribution in [2.45, 2.75) is 52.7 Å². The average Bonchev–Trinajstić information content (AvgIpc) is 3.47. The third-order valence-electron chi connectivity index (χ3n) is 7.73. The molecule has 14 nitrogen and oxygen atoms in total. The van der Waals surface area contributed by atoms with E-state index in [0.717, 1.165) is 40.7 Å². The van der Waals surface area contributed by atoms with Crippen molar-refractivity contribution >= 4 is 57.6 Å². The third-order valence-corrected chi connectivity index (χ3v) is 11.8. The number of alkyl halides is 4. The number of ether oxygens (including phenoxy) is 2. The van der Waals surface area contributed by atoms with Crippen LogP contribution in [0.5, 0.6) is 0 Å². The predicted octanol–water partition coefficient (Wildman–Crippen LogP) is 3.60. The van der Waals surface area contributed by atoms with Crippen LogP contribution >= 0.6 is 0 Å². The average molecular weight is 886 g/mol. The van der Waals surface area contributed by atoms with Crippen LogP contribution in [0.2, 0.25) is 19.6 Å². The molecule has 0 N–H and O–H groups in total. The number of likely N-dealkylation sites (N-methyl/N-ethyl adjacent to an activating group) is 1. The maximum Gasteiger partial charge on any atom is 0.469 e. The standard InChI is InChI=1S/C12H12FNO4S.C8H11F2NO2.C6H5FO2S.C5H9F3O4SSi/c1-18-12(15)11-3-2-8-14(11)19(16,17)10-6-4-9(13)5-7-10;1-11-3-4-5(8(4,9)10)6(11)7(12)13-2;7-5-1-3-6(4-2-5)10(8)9;1-14(2,3)12-4(9)5(6,7)13(8,10)11/h2-7,11H,8H2,1H3;4-6H,3H2,1-2H3;1-4H,(H,8,9);1-3H3/p-1/t11-;4-,5-,6-;;/m00../s1. The molecule has 0 bridgehead atoms. The van der Waals surface area contributed by atoms with E-state index in [2.05, 4.69) is 13.9 Å². The first kappa shape index (κ1) is 48.4. The third kappa shape index (κ3) is 12.1. The molecular formula is C31H36F7N2O12S3Si-. The lowest BCUT2D eigenvalue weighted by Gasteiger charge is -2.21. The summed E-state index contributed by atoms with van der Waals surface area (Å²) in [6.07, 6.45) is 3.04. The van der Waals surface area contributed by atoms with Gasteiger partial charge < -0.3 is 18.5 Å². The molecule has 0 aromatic heterocycles. The molecule has 25 heteroatoms. The first-order valence-electron chi connectivity index (χ1n) is 15.6. The highest BCUT2D eigenvalue weighted by molar-refractivity contribution is 7.89.